The van der Waals surface area contributed by atoms with Crippen LogP contribution in [0.2, 0.25) is 0 Å². The summed E-state index contributed by atoms with van der Waals surface area (Å²) < 4.78 is 4.87. The summed E-state index contributed by atoms with van der Waals surface area (Å²) in [6.07, 6.45) is 1.48. The van der Waals surface area contributed by atoms with E-state index in [9.17, 15) is 4.79 Å². The fourth-order valence-corrected chi connectivity index (χ4v) is 1.80. The molecule has 112 valence electrons. The van der Waals surface area contributed by atoms with Gasteiger partial charge >= 0.3 is 0 Å². The molecule has 1 aromatic rings. The zero-order valence-corrected chi connectivity index (χ0v) is 12.5. The zero-order chi connectivity index (χ0) is 15.0. The predicted octanol–water partition coefficient (Wildman–Crippen LogP) is 0.816. The Kier molecular flexibility index (Phi) is 6.72. The van der Waals surface area contributed by atoms with Crippen molar-refractivity contribution in [1.82, 2.24) is 15.3 Å². The van der Waals surface area contributed by atoms with Crippen molar-refractivity contribution in [2.45, 2.75) is 19.8 Å². The fraction of sp³-hybridized carbons (Fsp3) is 0.615. The van der Waals surface area contributed by atoms with Crippen molar-refractivity contribution in [2.75, 3.05) is 44.5 Å². The molecular weight excluding hydrogens is 258 g/mol. The Morgan fingerprint density at radius 1 is 1.35 bits per heavy atom. The van der Waals surface area contributed by atoms with E-state index in [1.165, 1.54) is 6.33 Å². The minimum Gasteiger partial charge on any atom is -0.383 e. The quantitative estimate of drug-likeness (QED) is 0.611. The van der Waals surface area contributed by atoms with Gasteiger partial charge in [-0.1, -0.05) is 13.8 Å². The van der Waals surface area contributed by atoms with Gasteiger partial charge in [0.1, 0.15) is 18.0 Å². The maximum absolute atomic E-state index is 11.6. The molecule has 1 amide bonds. The predicted molar refractivity (Wildman–Crippen MR) is 79.0 cm³/mol. The Hall–Kier alpha value is -1.89. The molecule has 0 bridgehead atoms. The molecule has 20 heavy (non-hydrogen) atoms. The summed E-state index contributed by atoms with van der Waals surface area (Å²) in [4.78, 5) is 20.0. The molecule has 0 atom stereocenters. The van der Waals surface area contributed by atoms with Crippen LogP contribution in [0.15, 0.2) is 6.33 Å². The number of anilines is 2. The number of aromatic nitrogens is 2. The third-order valence-corrected chi connectivity index (χ3v) is 2.74. The fourth-order valence-electron chi connectivity index (χ4n) is 1.80. The average Bonchev–Trinajstić information content (AvgIpc) is 2.44. The first-order valence-electron chi connectivity index (χ1n) is 6.62. The smallest absolute Gasteiger partial charge is 0.239 e. The molecule has 7 nitrogen and oxygen atoms in total. The van der Waals surface area contributed by atoms with Crippen LogP contribution in [0, 0.1) is 0 Å². The summed E-state index contributed by atoms with van der Waals surface area (Å²) in [5, 5.41) is 8.84. The highest BCUT2D eigenvalue weighted by Gasteiger charge is 2.14. The SMILES string of the molecule is CNc1ncnc(NCC(=O)NCCOC)c1C(C)C. The summed E-state index contributed by atoms with van der Waals surface area (Å²) in [6, 6.07) is 0. The highest BCUT2D eigenvalue weighted by Crippen LogP contribution is 2.27. The molecule has 1 rings (SSSR count). The minimum atomic E-state index is -0.0959. The number of nitrogens with zero attached hydrogens (tertiary/aromatic N) is 2. The zero-order valence-electron chi connectivity index (χ0n) is 12.5. The molecule has 7 heteroatoms. The van der Waals surface area contributed by atoms with Gasteiger partial charge in [0.25, 0.3) is 0 Å². The number of methoxy groups -OCH3 is 1. The Balaban J connectivity index is 2.65. The standard InChI is InChI=1S/C13H23N5O2/c1-9(2)11-12(14-3)17-8-18-13(11)16-7-10(19)15-5-6-20-4/h8-9H,5-7H2,1-4H3,(H,15,19)(H2,14,16,17,18). The van der Waals surface area contributed by atoms with Gasteiger partial charge in [-0.05, 0) is 5.92 Å². The lowest BCUT2D eigenvalue weighted by Gasteiger charge is -2.16. The lowest BCUT2D eigenvalue weighted by molar-refractivity contribution is -0.119. The first-order chi connectivity index (χ1) is 9.60. The second-order valence-electron chi connectivity index (χ2n) is 4.59. The van der Waals surface area contributed by atoms with Gasteiger partial charge in [0.05, 0.1) is 13.2 Å². The molecule has 0 fully saturated rings. The summed E-state index contributed by atoms with van der Waals surface area (Å²) in [5.74, 6) is 1.61. The first kappa shape index (κ1) is 16.2. The third-order valence-electron chi connectivity index (χ3n) is 2.74. The highest BCUT2D eigenvalue weighted by atomic mass is 16.5. The molecule has 0 aliphatic rings. The van der Waals surface area contributed by atoms with Crippen molar-refractivity contribution in [3.05, 3.63) is 11.9 Å². The van der Waals surface area contributed by atoms with Crippen molar-refractivity contribution in [1.29, 1.82) is 0 Å². The van der Waals surface area contributed by atoms with E-state index in [0.29, 0.717) is 19.0 Å². The Bertz CT molecular complexity index is 437. The van der Waals surface area contributed by atoms with Gasteiger partial charge in [0.2, 0.25) is 5.91 Å². The first-order valence-corrected chi connectivity index (χ1v) is 6.62. The number of hydrogen-bond donors (Lipinski definition) is 3. The summed E-state index contributed by atoms with van der Waals surface area (Å²) >= 11 is 0. The second-order valence-corrected chi connectivity index (χ2v) is 4.59. The van der Waals surface area contributed by atoms with E-state index in [2.05, 4.69) is 39.8 Å². The summed E-state index contributed by atoms with van der Waals surface area (Å²) in [7, 11) is 3.41. The lowest BCUT2D eigenvalue weighted by atomic mass is 10.0. The highest BCUT2D eigenvalue weighted by molar-refractivity contribution is 5.80. The van der Waals surface area contributed by atoms with Gasteiger partial charge in [0.15, 0.2) is 0 Å². The average molecular weight is 281 g/mol. The number of hydrogen-bond acceptors (Lipinski definition) is 6. The number of amides is 1. The van der Waals surface area contributed by atoms with Crippen LogP contribution in [0.1, 0.15) is 25.3 Å². The largest absolute Gasteiger partial charge is 0.383 e. The van der Waals surface area contributed by atoms with Crippen LogP contribution in [0.3, 0.4) is 0 Å². The van der Waals surface area contributed by atoms with Gasteiger partial charge in [-0.2, -0.15) is 0 Å². The summed E-state index contributed by atoms with van der Waals surface area (Å²) in [6.45, 7) is 5.29. The van der Waals surface area contributed by atoms with Crippen molar-refractivity contribution >= 4 is 17.5 Å². The number of ether oxygens (including phenoxy) is 1. The molecule has 0 aromatic carbocycles. The van der Waals surface area contributed by atoms with E-state index in [0.717, 1.165) is 11.4 Å². The van der Waals surface area contributed by atoms with Crippen molar-refractivity contribution in [3.63, 3.8) is 0 Å². The van der Waals surface area contributed by atoms with Crippen molar-refractivity contribution < 1.29 is 9.53 Å². The lowest BCUT2D eigenvalue weighted by Crippen LogP contribution is -2.32. The molecule has 1 heterocycles. The number of carbonyl (C=O) groups is 1. The van der Waals surface area contributed by atoms with E-state index < -0.39 is 0 Å². The summed E-state index contributed by atoms with van der Waals surface area (Å²) in [5.41, 5.74) is 0.972. The number of rotatable bonds is 8. The Morgan fingerprint density at radius 2 is 2.05 bits per heavy atom. The van der Waals surface area contributed by atoms with Gasteiger partial charge in [0, 0.05) is 26.3 Å². The number of nitrogens with one attached hydrogen (secondary N) is 3. The van der Waals surface area contributed by atoms with Crippen LogP contribution < -0.4 is 16.0 Å². The van der Waals surface area contributed by atoms with Crippen LogP contribution in [0.25, 0.3) is 0 Å². The van der Waals surface area contributed by atoms with E-state index in [4.69, 9.17) is 4.74 Å². The van der Waals surface area contributed by atoms with Gasteiger partial charge in [-0.3, -0.25) is 4.79 Å². The molecule has 0 saturated carbocycles. The van der Waals surface area contributed by atoms with Crippen molar-refractivity contribution in [3.8, 4) is 0 Å². The second kappa shape index (κ2) is 8.31. The molecule has 0 aliphatic heterocycles. The topological polar surface area (TPSA) is 88.2 Å². The van der Waals surface area contributed by atoms with E-state index in [1.54, 1.807) is 7.11 Å². The van der Waals surface area contributed by atoms with Gasteiger partial charge in [-0.25, -0.2) is 9.97 Å². The molecule has 1 aromatic heterocycles. The van der Waals surface area contributed by atoms with Crippen LogP contribution in [-0.2, 0) is 9.53 Å². The van der Waals surface area contributed by atoms with Crippen LogP contribution in [-0.4, -0.2) is 49.7 Å². The normalized spacial score (nSPS) is 10.4. The van der Waals surface area contributed by atoms with Crippen molar-refractivity contribution in [2.24, 2.45) is 0 Å². The molecule has 0 saturated heterocycles. The van der Waals surface area contributed by atoms with Crippen LogP contribution in [0.5, 0.6) is 0 Å². The minimum absolute atomic E-state index is 0.0959. The van der Waals surface area contributed by atoms with E-state index in [1.807, 2.05) is 7.05 Å². The molecule has 0 radical (unpaired) electrons. The Morgan fingerprint density at radius 3 is 2.65 bits per heavy atom. The maximum Gasteiger partial charge on any atom is 0.239 e. The van der Waals surface area contributed by atoms with Crippen LogP contribution >= 0.6 is 0 Å². The van der Waals surface area contributed by atoms with Gasteiger partial charge in [-0.15, -0.1) is 0 Å². The molecule has 0 spiro atoms. The maximum atomic E-state index is 11.6. The third kappa shape index (κ3) is 4.65. The van der Waals surface area contributed by atoms with E-state index >= 15 is 0 Å². The van der Waals surface area contributed by atoms with Crippen LogP contribution in [0.4, 0.5) is 11.6 Å². The molecular formula is C13H23N5O2. The molecule has 0 aliphatic carbocycles. The number of carbonyl (C=O) groups excluding carboxylic acids is 1. The molecule has 3 N–H and O–H groups in total. The molecule has 0 unspecified atom stereocenters. The van der Waals surface area contributed by atoms with Gasteiger partial charge < -0.3 is 20.7 Å². The van der Waals surface area contributed by atoms with E-state index in [-0.39, 0.29) is 18.4 Å². The monoisotopic (exact) mass is 281 g/mol. The Labute approximate surface area is 119 Å².